The molecule has 0 saturated heterocycles. The van der Waals surface area contributed by atoms with Crippen LogP contribution in [0.1, 0.15) is 5.69 Å². The Kier molecular flexibility index (Phi) is 3.75. The van der Waals surface area contributed by atoms with E-state index in [4.69, 9.17) is 11.1 Å². The lowest BCUT2D eigenvalue weighted by atomic mass is 10.4. The van der Waals surface area contributed by atoms with Crippen molar-refractivity contribution >= 4 is 33.5 Å². The fourth-order valence-electron chi connectivity index (χ4n) is 1.23. The highest BCUT2D eigenvalue weighted by molar-refractivity contribution is 9.10. The molecule has 0 aliphatic rings. The molecular weight excluding hydrogens is 300 g/mol. The van der Waals surface area contributed by atoms with Crippen LogP contribution in [0, 0.1) is 5.41 Å². The molecule has 0 atom stereocenters. The predicted molar refractivity (Wildman–Crippen MR) is 71.3 cm³/mol. The Bertz CT molecular complexity index is 559. The second kappa shape index (κ2) is 5.29. The minimum atomic E-state index is -0.0735. The largest absolute Gasteiger partial charge is 0.382 e. The maximum atomic E-state index is 7.44. The smallest absolute Gasteiger partial charge is 0.144 e. The van der Waals surface area contributed by atoms with Crippen LogP contribution in [0.25, 0.3) is 0 Å². The summed E-state index contributed by atoms with van der Waals surface area (Å²) in [6.07, 6.45) is 3.12. The van der Waals surface area contributed by atoms with Crippen LogP contribution in [0.3, 0.4) is 0 Å². The molecule has 0 unspecified atom stereocenters. The van der Waals surface area contributed by atoms with Crippen molar-refractivity contribution in [3.63, 3.8) is 0 Å². The maximum Gasteiger partial charge on any atom is 0.144 e. The number of nitrogen functional groups attached to an aromatic ring is 1. The summed E-state index contributed by atoms with van der Waals surface area (Å²) >= 11 is 4.84. The molecule has 4 nitrogen and oxygen atoms in total. The highest BCUT2D eigenvalue weighted by Crippen LogP contribution is 2.29. The fraction of sp³-hybridized carbons (Fsp3) is 0. The van der Waals surface area contributed by atoms with E-state index in [1.807, 2.05) is 24.3 Å². The molecule has 1 heterocycles. The van der Waals surface area contributed by atoms with Crippen LogP contribution in [-0.4, -0.2) is 15.8 Å². The van der Waals surface area contributed by atoms with Gasteiger partial charge in [-0.25, -0.2) is 9.97 Å². The molecule has 6 heteroatoms. The topological polar surface area (TPSA) is 75.7 Å². The molecule has 1 aromatic carbocycles. The van der Waals surface area contributed by atoms with E-state index in [0.717, 1.165) is 9.37 Å². The molecule has 0 bridgehead atoms. The molecule has 2 rings (SSSR count). The summed E-state index contributed by atoms with van der Waals surface area (Å²) in [5, 5.41) is 8.07. The summed E-state index contributed by atoms with van der Waals surface area (Å²) in [5.41, 5.74) is 5.87. The molecule has 3 N–H and O–H groups in total. The molecule has 0 aliphatic heterocycles. The first-order valence-corrected chi connectivity index (χ1v) is 6.36. The van der Waals surface area contributed by atoms with Crippen molar-refractivity contribution in [2.45, 2.75) is 9.92 Å². The minimum Gasteiger partial charge on any atom is -0.382 e. The summed E-state index contributed by atoms with van der Waals surface area (Å²) in [5.74, 6) is -0.0735. The molecule has 17 heavy (non-hydrogen) atoms. The van der Waals surface area contributed by atoms with E-state index in [0.29, 0.717) is 10.7 Å². The van der Waals surface area contributed by atoms with Gasteiger partial charge in [-0.15, -0.1) is 0 Å². The zero-order chi connectivity index (χ0) is 12.3. The fourth-order valence-corrected chi connectivity index (χ4v) is 2.71. The van der Waals surface area contributed by atoms with Gasteiger partial charge < -0.3 is 5.73 Å². The third-order valence-electron chi connectivity index (χ3n) is 1.93. The normalized spacial score (nSPS) is 10.2. The van der Waals surface area contributed by atoms with Crippen LogP contribution < -0.4 is 5.73 Å². The molecule has 0 radical (unpaired) electrons. The number of nitrogens with one attached hydrogen (secondary N) is 1. The second-order valence-electron chi connectivity index (χ2n) is 3.18. The van der Waals surface area contributed by atoms with Gasteiger partial charge in [0.2, 0.25) is 0 Å². The Morgan fingerprint density at radius 1 is 1.29 bits per heavy atom. The average Bonchev–Trinajstić information content (AvgIpc) is 2.29. The van der Waals surface area contributed by atoms with Gasteiger partial charge in [0.05, 0.1) is 0 Å². The van der Waals surface area contributed by atoms with E-state index in [2.05, 4.69) is 25.9 Å². The van der Waals surface area contributed by atoms with Crippen molar-refractivity contribution in [3.05, 3.63) is 46.8 Å². The van der Waals surface area contributed by atoms with Crippen LogP contribution in [0.5, 0.6) is 0 Å². The molecule has 86 valence electrons. The number of rotatable bonds is 3. The number of hydrogen-bond acceptors (Lipinski definition) is 4. The summed E-state index contributed by atoms with van der Waals surface area (Å²) < 4.78 is 0.996. The molecule has 0 saturated carbocycles. The zero-order valence-electron chi connectivity index (χ0n) is 8.72. The van der Waals surface area contributed by atoms with Gasteiger partial charge in [-0.3, -0.25) is 5.41 Å². The standard InChI is InChI=1S/C11H9BrN4S/c12-7-2-1-3-8(6-7)17-11-9(10(13)14)15-4-5-16-11/h1-6H,(H3,13,14). The number of halogens is 1. The first-order chi connectivity index (χ1) is 8.16. The lowest BCUT2D eigenvalue weighted by Crippen LogP contribution is -2.14. The Morgan fingerprint density at radius 3 is 2.76 bits per heavy atom. The maximum absolute atomic E-state index is 7.44. The minimum absolute atomic E-state index is 0.0735. The Morgan fingerprint density at radius 2 is 2.06 bits per heavy atom. The molecule has 0 fully saturated rings. The van der Waals surface area contributed by atoms with Gasteiger partial charge in [-0.2, -0.15) is 0 Å². The molecule has 0 amide bonds. The summed E-state index contributed by atoms with van der Waals surface area (Å²) in [6.45, 7) is 0. The lowest BCUT2D eigenvalue weighted by molar-refractivity contribution is 1.03. The molecule has 0 spiro atoms. The van der Waals surface area contributed by atoms with Gasteiger partial charge in [-0.05, 0) is 18.2 Å². The summed E-state index contributed by atoms with van der Waals surface area (Å²) in [7, 11) is 0. The monoisotopic (exact) mass is 308 g/mol. The number of amidine groups is 1. The molecule has 0 aliphatic carbocycles. The average molecular weight is 309 g/mol. The van der Waals surface area contributed by atoms with E-state index in [9.17, 15) is 0 Å². The van der Waals surface area contributed by atoms with E-state index in [1.54, 1.807) is 6.20 Å². The Balaban J connectivity index is 2.33. The molecule has 2 aromatic rings. The van der Waals surface area contributed by atoms with Crippen LogP contribution in [0.2, 0.25) is 0 Å². The first-order valence-electron chi connectivity index (χ1n) is 4.75. The highest BCUT2D eigenvalue weighted by atomic mass is 79.9. The van der Waals surface area contributed by atoms with E-state index < -0.39 is 0 Å². The van der Waals surface area contributed by atoms with E-state index in [1.165, 1.54) is 18.0 Å². The number of nitrogens with two attached hydrogens (primary N) is 1. The van der Waals surface area contributed by atoms with Crippen molar-refractivity contribution < 1.29 is 0 Å². The number of benzene rings is 1. The van der Waals surface area contributed by atoms with Crippen LogP contribution in [0.15, 0.2) is 51.1 Å². The highest BCUT2D eigenvalue weighted by Gasteiger charge is 2.09. The third-order valence-corrected chi connectivity index (χ3v) is 3.41. The summed E-state index contributed by atoms with van der Waals surface area (Å²) in [4.78, 5) is 9.26. The van der Waals surface area contributed by atoms with Gasteiger partial charge in [0.1, 0.15) is 16.6 Å². The lowest BCUT2D eigenvalue weighted by Gasteiger charge is -2.05. The van der Waals surface area contributed by atoms with Crippen LogP contribution in [0.4, 0.5) is 0 Å². The van der Waals surface area contributed by atoms with Gasteiger partial charge in [0.15, 0.2) is 0 Å². The SMILES string of the molecule is N=C(N)c1nccnc1Sc1cccc(Br)c1. The summed E-state index contributed by atoms with van der Waals surface area (Å²) in [6, 6.07) is 7.83. The van der Waals surface area contributed by atoms with Crippen molar-refractivity contribution in [2.75, 3.05) is 0 Å². The first kappa shape index (κ1) is 12.1. The van der Waals surface area contributed by atoms with Crippen molar-refractivity contribution in [1.82, 2.24) is 9.97 Å². The number of aromatic nitrogens is 2. The van der Waals surface area contributed by atoms with E-state index in [-0.39, 0.29) is 5.84 Å². The number of nitrogens with zero attached hydrogens (tertiary/aromatic N) is 2. The van der Waals surface area contributed by atoms with Gasteiger partial charge in [-0.1, -0.05) is 33.8 Å². The van der Waals surface area contributed by atoms with Crippen molar-refractivity contribution in [2.24, 2.45) is 5.73 Å². The Labute approximate surface area is 111 Å². The third kappa shape index (κ3) is 3.04. The van der Waals surface area contributed by atoms with Gasteiger partial charge in [0, 0.05) is 21.8 Å². The zero-order valence-corrected chi connectivity index (χ0v) is 11.1. The van der Waals surface area contributed by atoms with Crippen LogP contribution >= 0.6 is 27.7 Å². The quantitative estimate of drug-likeness (QED) is 0.675. The predicted octanol–water partition coefficient (Wildman–Crippen LogP) is 2.67. The molecule has 1 aromatic heterocycles. The van der Waals surface area contributed by atoms with Crippen molar-refractivity contribution in [3.8, 4) is 0 Å². The van der Waals surface area contributed by atoms with E-state index >= 15 is 0 Å². The second-order valence-corrected chi connectivity index (χ2v) is 5.16. The Hall–Kier alpha value is -1.40. The number of hydrogen-bond donors (Lipinski definition) is 2. The van der Waals surface area contributed by atoms with Crippen LogP contribution in [-0.2, 0) is 0 Å². The van der Waals surface area contributed by atoms with Gasteiger partial charge >= 0.3 is 0 Å². The molecular formula is C11H9BrN4S. The van der Waals surface area contributed by atoms with Crippen molar-refractivity contribution in [1.29, 1.82) is 5.41 Å². The van der Waals surface area contributed by atoms with Gasteiger partial charge in [0.25, 0.3) is 0 Å².